The zero-order valence-electron chi connectivity index (χ0n) is 20.2. The van der Waals surface area contributed by atoms with Crippen LogP contribution < -0.4 is 0 Å². The van der Waals surface area contributed by atoms with Crippen molar-refractivity contribution in [3.05, 3.63) is 0 Å². The van der Waals surface area contributed by atoms with Crippen molar-refractivity contribution >= 4 is 0 Å². The van der Waals surface area contributed by atoms with Gasteiger partial charge in [0.1, 0.15) is 24.4 Å². The van der Waals surface area contributed by atoms with E-state index in [-0.39, 0.29) is 44.7 Å². The minimum Gasteiger partial charge on any atom is -0.388 e. The first kappa shape index (κ1) is 30.6. The van der Waals surface area contributed by atoms with Crippen LogP contribution in [0.5, 0.6) is 0 Å². The van der Waals surface area contributed by atoms with E-state index in [2.05, 4.69) is 0 Å². The third kappa shape index (κ3) is 18.9. The first-order valence-corrected chi connectivity index (χ1v) is 11.5. The summed E-state index contributed by atoms with van der Waals surface area (Å²) in [6.07, 6.45) is -1.51. The van der Waals surface area contributed by atoms with Crippen LogP contribution in [0.3, 0.4) is 0 Å². The van der Waals surface area contributed by atoms with Crippen molar-refractivity contribution in [3.63, 3.8) is 0 Å². The molecule has 0 radical (unpaired) electrons. The molecule has 9 nitrogen and oxygen atoms in total. The van der Waals surface area contributed by atoms with Crippen LogP contribution in [0.15, 0.2) is 0 Å². The van der Waals surface area contributed by atoms with Gasteiger partial charge in [0, 0.05) is 33.0 Å². The lowest BCUT2D eigenvalue weighted by atomic mass is 10.3. The summed E-state index contributed by atoms with van der Waals surface area (Å²) in [5, 5.41) is 10.0. The zero-order chi connectivity index (χ0) is 23.2. The van der Waals surface area contributed by atoms with Gasteiger partial charge in [-0.1, -0.05) is 0 Å². The molecule has 0 aliphatic carbocycles. The summed E-state index contributed by atoms with van der Waals surface area (Å²) in [6, 6.07) is 0. The molecule has 0 aliphatic heterocycles. The van der Waals surface area contributed by atoms with Gasteiger partial charge in [-0.15, -0.1) is 0 Å². The quantitative estimate of drug-likeness (QED) is 0.234. The average Bonchev–Trinajstić information content (AvgIpc) is 2.79. The molecule has 188 valence electrons. The van der Waals surface area contributed by atoms with Crippen LogP contribution in [-0.2, 0) is 37.9 Å². The van der Waals surface area contributed by atoms with E-state index >= 15 is 0 Å². The van der Waals surface area contributed by atoms with E-state index in [1.165, 1.54) is 0 Å². The second-order valence-electron chi connectivity index (χ2n) is 6.82. The van der Waals surface area contributed by atoms with Crippen molar-refractivity contribution in [2.45, 2.75) is 59.0 Å². The molecule has 0 aromatic rings. The standard InChI is InChI=1S/C22H46O9/c1-6-24-11-19(23)12-29-22(17-30-20(13-25-7-2)14-26-8-3)18-31-21(15-27-9-4)16-28-10-5/h19-23H,6-18H2,1-5H3. The van der Waals surface area contributed by atoms with Crippen molar-refractivity contribution in [3.8, 4) is 0 Å². The molecule has 0 aliphatic rings. The molecule has 9 heteroatoms. The van der Waals surface area contributed by atoms with Gasteiger partial charge in [-0.3, -0.25) is 0 Å². The first-order chi connectivity index (χ1) is 15.1. The highest BCUT2D eigenvalue weighted by Crippen LogP contribution is 2.06. The van der Waals surface area contributed by atoms with E-state index in [9.17, 15) is 5.11 Å². The van der Waals surface area contributed by atoms with Crippen LogP contribution in [0.4, 0.5) is 0 Å². The normalized spacial score (nSPS) is 13.1. The predicted molar refractivity (Wildman–Crippen MR) is 118 cm³/mol. The van der Waals surface area contributed by atoms with E-state index in [0.717, 1.165) is 0 Å². The molecule has 1 atom stereocenters. The number of hydrogen-bond donors (Lipinski definition) is 1. The molecular weight excluding hydrogens is 408 g/mol. The summed E-state index contributed by atoms with van der Waals surface area (Å²) in [5.74, 6) is 0. The van der Waals surface area contributed by atoms with E-state index < -0.39 is 6.10 Å². The summed E-state index contributed by atoms with van der Waals surface area (Å²) in [5.41, 5.74) is 0. The molecule has 0 rings (SSSR count). The van der Waals surface area contributed by atoms with Crippen LogP contribution in [0.2, 0.25) is 0 Å². The van der Waals surface area contributed by atoms with Crippen LogP contribution in [-0.4, -0.2) is 115 Å². The molecule has 0 heterocycles. The minimum atomic E-state index is -0.715. The lowest BCUT2D eigenvalue weighted by Gasteiger charge is -2.25. The number of rotatable bonds is 24. The van der Waals surface area contributed by atoms with Gasteiger partial charge in [-0.25, -0.2) is 0 Å². The molecule has 0 bridgehead atoms. The predicted octanol–water partition coefficient (Wildman–Crippen LogP) is 1.69. The van der Waals surface area contributed by atoms with Gasteiger partial charge in [0.15, 0.2) is 0 Å². The molecule has 0 aromatic carbocycles. The van der Waals surface area contributed by atoms with E-state index in [4.69, 9.17) is 37.9 Å². The Balaban J connectivity index is 4.77. The molecule has 0 fully saturated rings. The number of hydrogen-bond acceptors (Lipinski definition) is 9. The minimum absolute atomic E-state index is 0.126. The molecule has 31 heavy (non-hydrogen) atoms. The van der Waals surface area contributed by atoms with Crippen LogP contribution in [0, 0.1) is 0 Å². The number of aliphatic hydroxyl groups excluding tert-OH is 1. The molecule has 0 spiro atoms. The van der Waals surface area contributed by atoms with Gasteiger partial charge in [0.2, 0.25) is 0 Å². The van der Waals surface area contributed by atoms with Crippen molar-refractivity contribution in [2.75, 3.05) is 85.9 Å². The smallest absolute Gasteiger partial charge is 0.104 e. The monoisotopic (exact) mass is 454 g/mol. The van der Waals surface area contributed by atoms with Crippen molar-refractivity contribution in [2.24, 2.45) is 0 Å². The van der Waals surface area contributed by atoms with Gasteiger partial charge in [0.25, 0.3) is 0 Å². The van der Waals surface area contributed by atoms with Crippen LogP contribution >= 0.6 is 0 Å². The Morgan fingerprint density at radius 3 is 1.06 bits per heavy atom. The third-order valence-corrected chi connectivity index (χ3v) is 4.11. The second kappa shape index (κ2) is 22.8. The summed E-state index contributed by atoms with van der Waals surface area (Å²) in [7, 11) is 0. The molecular formula is C22H46O9. The maximum atomic E-state index is 10.0. The molecule has 0 saturated carbocycles. The summed E-state index contributed by atoms with van der Waals surface area (Å²) in [6.45, 7) is 15.3. The summed E-state index contributed by atoms with van der Waals surface area (Å²) >= 11 is 0. The van der Waals surface area contributed by atoms with Gasteiger partial charge in [-0.05, 0) is 34.6 Å². The molecule has 0 aromatic heterocycles. The molecule has 0 saturated heterocycles. The highest BCUT2D eigenvalue weighted by molar-refractivity contribution is 4.65. The highest BCUT2D eigenvalue weighted by Gasteiger charge is 2.20. The topological polar surface area (TPSA) is 94.1 Å². The number of aliphatic hydroxyl groups is 1. The molecule has 1 N–H and O–H groups in total. The molecule has 1 unspecified atom stereocenters. The van der Waals surface area contributed by atoms with Gasteiger partial charge in [0.05, 0.1) is 52.9 Å². The van der Waals surface area contributed by atoms with Crippen molar-refractivity contribution < 1.29 is 43.0 Å². The SMILES string of the molecule is CCOCC(O)COC(COC(COCC)COCC)COC(COCC)COCC. The van der Waals surface area contributed by atoms with Gasteiger partial charge >= 0.3 is 0 Å². The maximum absolute atomic E-state index is 10.0. The van der Waals surface area contributed by atoms with Crippen molar-refractivity contribution in [1.29, 1.82) is 0 Å². The first-order valence-electron chi connectivity index (χ1n) is 11.5. The van der Waals surface area contributed by atoms with E-state index in [1.54, 1.807) is 0 Å². The average molecular weight is 455 g/mol. The number of ether oxygens (including phenoxy) is 8. The van der Waals surface area contributed by atoms with Gasteiger partial charge in [-0.2, -0.15) is 0 Å². The Morgan fingerprint density at radius 2 is 0.710 bits per heavy atom. The Morgan fingerprint density at radius 1 is 0.419 bits per heavy atom. The van der Waals surface area contributed by atoms with Crippen LogP contribution in [0.25, 0.3) is 0 Å². The molecule has 0 amide bonds. The lowest BCUT2D eigenvalue weighted by molar-refractivity contribution is -0.139. The van der Waals surface area contributed by atoms with E-state index in [0.29, 0.717) is 59.5 Å². The Hall–Kier alpha value is -0.360. The maximum Gasteiger partial charge on any atom is 0.104 e. The Kier molecular flexibility index (Phi) is 22.6. The fourth-order valence-electron chi connectivity index (χ4n) is 2.47. The third-order valence-electron chi connectivity index (χ3n) is 4.11. The van der Waals surface area contributed by atoms with Crippen molar-refractivity contribution in [1.82, 2.24) is 0 Å². The second-order valence-corrected chi connectivity index (χ2v) is 6.82. The Bertz CT molecular complexity index is 320. The van der Waals surface area contributed by atoms with Crippen LogP contribution in [0.1, 0.15) is 34.6 Å². The summed E-state index contributed by atoms with van der Waals surface area (Å²) in [4.78, 5) is 0. The highest BCUT2D eigenvalue weighted by atomic mass is 16.6. The largest absolute Gasteiger partial charge is 0.388 e. The fourth-order valence-corrected chi connectivity index (χ4v) is 2.47. The zero-order valence-corrected chi connectivity index (χ0v) is 20.2. The lowest BCUT2D eigenvalue weighted by Crippen LogP contribution is -2.37. The fraction of sp³-hybridized carbons (Fsp3) is 1.00. The van der Waals surface area contributed by atoms with E-state index in [1.807, 2.05) is 34.6 Å². The Labute approximate surface area is 188 Å². The van der Waals surface area contributed by atoms with Gasteiger partial charge < -0.3 is 43.0 Å². The summed E-state index contributed by atoms with van der Waals surface area (Å²) < 4.78 is 45.0.